The Hall–Kier alpha value is -2.55. The molecule has 1 aliphatic heterocycles. The number of allylic oxidation sites excluding steroid dienone is 1. The quantitative estimate of drug-likeness (QED) is 0.465. The molecule has 0 saturated carbocycles. The summed E-state index contributed by atoms with van der Waals surface area (Å²) in [6, 6.07) is 26.2. The fourth-order valence-electron chi connectivity index (χ4n) is 3.16. The predicted octanol–water partition coefficient (Wildman–Crippen LogP) is 7.01. The molecule has 0 N–H and O–H groups in total. The standard InChI is InChI=1S/C23H18Cl2N2/c24-19-11-6-17(7-12-19)8-15-21-16-23(18-9-13-20(25)14-10-18)27(26-21)22-4-2-1-3-5-22/h1-15,23H,16H2/b15-8-/t23-/m0/s1. The Kier molecular flexibility index (Phi) is 5.28. The van der Waals surface area contributed by atoms with Crippen molar-refractivity contribution in [1.29, 1.82) is 0 Å². The molecular weight excluding hydrogens is 375 g/mol. The van der Waals surface area contributed by atoms with Crippen LogP contribution >= 0.6 is 23.2 Å². The summed E-state index contributed by atoms with van der Waals surface area (Å²) in [5.74, 6) is 0. The molecule has 1 aliphatic rings. The maximum absolute atomic E-state index is 6.07. The first kappa shape index (κ1) is 17.8. The number of nitrogens with zero attached hydrogens (tertiary/aromatic N) is 2. The Labute approximate surface area is 169 Å². The van der Waals surface area contributed by atoms with Crippen LogP contribution < -0.4 is 5.01 Å². The molecule has 3 aromatic carbocycles. The minimum absolute atomic E-state index is 0.148. The van der Waals surface area contributed by atoms with Gasteiger partial charge < -0.3 is 0 Å². The largest absolute Gasteiger partial charge is 0.257 e. The summed E-state index contributed by atoms with van der Waals surface area (Å²) >= 11 is 12.0. The minimum atomic E-state index is 0.148. The highest BCUT2D eigenvalue weighted by Crippen LogP contribution is 2.35. The van der Waals surface area contributed by atoms with Crippen LogP contribution in [0, 0.1) is 0 Å². The summed E-state index contributed by atoms with van der Waals surface area (Å²) < 4.78 is 0. The van der Waals surface area contributed by atoms with E-state index in [1.165, 1.54) is 5.56 Å². The molecule has 4 heteroatoms. The van der Waals surface area contributed by atoms with Crippen molar-refractivity contribution in [3.63, 3.8) is 0 Å². The molecule has 3 aromatic rings. The van der Waals surface area contributed by atoms with Gasteiger partial charge in [-0.1, -0.05) is 71.7 Å². The van der Waals surface area contributed by atoms with Crippen molar-refractivity contribution in [3.05, 3.63) is 106 Å². The van der Waals surface area contributed by atoms with E-state index >= 15 is 0 Å². The van der Waals surface area contributed by atoms with Gasteiger partial charge in [0, 0.05) is 16.5 Å². The lowest BCUT2D eigenvalue weighted by atomic mass is 10.0. The molecule has 27 heavy (non-hydrogen) atoms. The fourth-order valence-corrected chi connectivity index (χ4v) is 3.42. The second-order valence-corrected chi connectivity index (χ2v) is 7.30. The van der Waals surface area contributed by atoms with E-state index in [1.54, 1.807) is 0 Å². The number of halogens is 2. The second kappa shape index (κ2) is 7.99. The highest BCUT2D eigenvalue weighted by atomic mass is 35.5. The molecule has 1 atom stereocenters. The summed E-state index contributed by atoms with van der Waals surface area (Å²) in [4.78, 5) is 0. The van der Waals surface area contributed by atoms with Crippen molar-refractivity contribution in [1.82, 2.24) is 0 Å². The van der Waals surface area contributed by atoms with Gasteiger partial charge in [0.25, 0.3) is 0 Å². The summed E-state index contributed by atoms with van der Waals surface area (Å²) in [5, 5.41) is 8.45. The van der Waals surface area contributed by atoms with Crippen LogP contribution in [0.2, 0.25) is 10.0 Å². The van der Waals surface area contributed by atoms with Crippen LogP contribution in [0.25, 0.3) is 6.08 Å². The predicted molar refractivity (Wildman–Crippen MR) is 116 cm³/mol. The highest BCUT2D eigenvalue weighted by Gasteiger charge is 2.28. The average Bonchev–Trinajstić information content (AvgIpc) is 3.13. The molecule has 0 saturated heterocycles. The number of anilines is 1. The molecule has 1 heterocycles. The van der Waals surface area contributed by atoms with Gasteiger partial charge in [-0.25, -0.2) is 0 Å². The van der Waals surface area contributed by atoms with E-state index in [0.29, 0.717) is 0 Å². The first-order chi connectivity index (χ1) is 13.2. The Balaban J connectivity index is 1.63. The van der Waals surface area contributed by atoms with E-state index in [4.69, 9.17) is 28.3 Å². The Bertz CT molecular complexity index is 962. The van der Waals surface area contributed by atoms with Gasteiger partial charge in [-0.05, 0) is 53.6 Å². The van der Waals surface area contributed by atoms with E-state index in [-0.39, 0.29) is 6.04 Å². The van der Waals surface area contributed by atoms with Crippen molar-refractivity contribution in [2.45, 2.75) is 12.5 Å². The van der Waals surface area contributed by atoms with Gasteiger partial charge in [0.2, 0.25) is 0 Å². The van der Waals surface area contributed by atoms with E-state index in [9.17, 15) is 0 Å². The molecule has 0 fully saturated rings. The summed E-state index contributed by atoms with van der Waals surface area (Å²) in [7, 11) is 0. The summed E-state index contributed by atoms with van der Waals surface area (Å²) in [6.45, 7) is 0. The monoisotopic (exact) mass is 392 g/mol. The molecule has 4 rings (SSSR count). The molecule has 2 nitrogen and oxygen atoms in total. The van der Waals surface area contributed by atoms with Crippen LogP contribution in [-0.2, 0) is 0 Å². The number of hydrogen-bond donors (Lipinski definition) is 0. The third-order valence-electron chi connectivity index (χ3n) is 4.55. The Morgan fingerprint density at radius 1 is 0.778 bits per heavy atom. The van der Waals surface area contributed by atoms with Gasteiger partial charge >= 0.3 is 0 Å². The zero-order chi connectivity index (χ0) is 18.6. The molecule has 0 unspecified atom stereocenters. The van der Waals surface area contributed by atoms with Gasteiger partial charge in [0.1, 0.15) is 0 Å². The van der Waals surface area contributed by atoms with Crippen LogP contribution in [0.4, 0.5) is 5.69 Å². The molecule has 134 valence electrons. The van der Waals surface area contributed by atoms with Crippen LogP contribution in [0.5, 0.6) is 0 Å². The van der Waals surface area contributed by atoms with Crippen molar-refractivity contribution in [2.75, 3.05) is 5.01 Å². The average molecular weight is 393 g/mol. The first-order valence-corrected chi connectivity index (χ1v) is 9.55. The van der Waals surface area contributed by atoms with Crippen molar-refractivity contribution < 1.29 is 0 Å². The number of para-hydroxylation sites is 1. The normalized spacial score (nSPS) is 16.7. The topological polar surface area (TPSA) is 15.6 Å². The van der Waals surface area contributed by atoms with E-state index < -0.39 is 0 Å². The Morgan fingerprint density at radius 3 is 2.07 bits per heavy atom. The van der Waals surface area contributed by atoms with Gasteiger partial charge in [0.05, 0.1) is 17.4 Å². The third kappa shape index (κ3) is 4.24. The maximum atomic E-state index is 6.07. The molecule has 0 aromatic heterocycles. The lowest BCUT2D eigenvalue weighted by molar-refractivity contribution is 0.709. The zero-order valence-electron chi connectivity index (χ0n) is 14.6. The van der Waals surface area contributed by atoms with Crippen LogP contribution in [0.3, 0.4) is 0 Å². The SMILES string of the molecule is Clc1ccc(/C=C\C2=NN(c3ccccc3)[C@H](c3ccc(Cl)cc3)C2)cc1. The number of hydrogen-bond acceptors (Lipinski definition) is 2. The van der Waals surface area contributed by atoms with Crippen LogP contribution in [0.15, 0.2) is 90.0 Å². The number of hydrazone groups is 1. The maximum Gasteiger partial charge on any atom is 0.0831 e. The Morgan fingerprint density at radius 2 is 1.41 bits per heavy atom. The first-order valence-electron chi connectivity index (χ1n) is 8.80. The smallest absolute Gasteiger partial charge is 0.0831 e. The van der Waals surface area contributed by atoms with Crippen molar-refractivity contribution in [2.24, 2.45) is 5.10 Å². The molecule has 0 spiro atoms. The lowest BCUT2D eigenvalue weighted by Crippen LogP contribution is -2.18. The van der Waals surface area contributed by atoms with Crippen LogP contribution in [-0.4, -0.2) is 5.71 Å². The summed E-state index contributed by atoms with van der Waals surface area (Å²) in [6.07, 6.45) is 4.98. The van der Waals surface area contributed by atoms with Crippen molar-refractivity contribution >= 4 is 40.7 Å². The van der Waals surface area contributed by atoms with Gasteiger partial charge in [0.15, 0.2) is 0 Å². The fraction of sp³-hybridized carbons (Fsp3) is 0.0870. The number of rotatable bonds is 4. The lowest BCUT2D eigenvalue weighted by Gasteiger charge is -2.24. The number of benzene rings is 3. The molecule has 0 amide bonds. The van der Waals surface area contributed by atoms with E-state index in [1.807, 2.05) is 54.6 Å². The van der Waals surface area contributed by atoms with Gasteiger partial charge in [-0.3, -0.25) is 5.01 Å². The molecular formula is C23H18Cl2N2. The van der Waals surface area contributed by atoms with E-state index in [2.05, 4.69) is 41.4 Å². The molecule has 0 radical (unpaired) electrons. The highest BCUT2D eigenvalue weighted by molar-refractivity contribution is 6.30. The molecule has 0 aliphatic carbocycles. The van der Waals surface area contributed by atoms with Gasteiger partial charge in [-0.2, -0.15) is 5.10 Å². The zero-order valence-corrected chi connectivity index (χ0v) is 16.1. The summed E-state index contributed by atoms with van der Waals surface area (Å²) in [5.41, 5.74) is 4.41. The van der Waals surface area contributed by atoms with Crippen molar-refractivity contribution in [3.8, 4) is 0 Å². The molecule has 0 bridgehead atoms. The minimum Gasteiger partial charge on any atom is -0.257 e. The third-order valence-corrected chi connectivity index (χ3v) is 5.05. The second-order valence-electron chi connectivity index (χ2n) is 6.43. The van der Waals surface area contributed by atoms with E-state index in [0.717, 1.165) is 33.4 Å². The van der Waals surface area contributed by atoms with Gasteiger partial charge in [-0.15, -0.1) is 0 Å². The van der Waals surface area contributed by atoms with Crippen LogP contribution in [0.1, 0.15) is 23.6 Å².